The molecule has 0 fully saturated rings. The Bertz CT molecular complexity index is 599. The molecule has 0 spiro atoms. The lowest BCUT2D eigenvalue weighted by Crippen LogP contribution is -2.38. The Kier molecular flexibility index (Phi) is 3.59. The molecule has 2 rings (SSSR count). The van der Waals surface area contributed by atoms with Crippen LogP contribution in [0.25, 0.3) is 5.65 Å². The highest BCUT2D eigenvalue weighted by Crippen LogP contribution is 2.11. The summed E-state index contributed by atoms with van der Waals surface area (Å²) in [5, 5.41) is 6.19. The number of fused-ring (bicyclic) bond motifs is 1. The Labute approximate surface area is 107 Å². The molecule has 2 aromatic heterocycles. The second kappa shape index (κ2) is 5.17. The minimum atomic E-state index is -2.63. The van der Waals surface area contributed by atoms with Crippen molar-refractivity contribution in [2.45, 2.75) is 19.4 Å². The lowest BCUT2D eigenvalue weighted by Gasteiger charge is -2.11. The van der Waals surface area contributed by atoms with Gasteiger partial charge in [0.1, 0.15) is 0 Å². The van der Waals surface area contributed by atoms with Gasteiger partial charge in [-0.1, -0.05) is 0 Å². The van der Waals surface area contributed by atoms with Crippen LogP contribution < -0.4 is 10.1 Å². The maximum atomic E-state index is 12.4. The third kappa shape index (κ3) is 2.61. The number of hydrogen-bond acceptors (Lipinski definition) is 4. The van der Waals surface area contributed by atoms with Crippen LogP contribution in [0.1, 0.15) is 17.4 Å². The average Bonchev–Trinajstić information content (AvgIpc) is 2.81. The summed E-state index contributed by atoms with van der Waals surface area (Å²) in [7, 11) is 1.43. The minimum absolute atomic E-state index is 0.0707. The predicted molar refractivity (Wildman–Crippen MR) is 62.5 cm³/mol. The van der Waals surface area contributed by atoms with Gasteiger partial charge in [-0.05, 0) is 13.0 Å². The fraction of sp³-hybridized carbons (Fsp3) is 0.364. The lowest BCUT2D eigenvalue weighted by atomic mass is 10.3. The number of hydrogen-bond donors (Lipinski definition) is 1. The first-order valence-electron chi connectivity index (χ1n) is 5.50. The normalized spacial score (nSPS) is 12.7. The van der Waals surface area contributed by atoms with Crippen molar-refractivity contribution in [3.63, 3.8) is 0 Å². The molecule has 0 aliphatic rings. The molecule has 0 radical (unpaired) electrons. The van der Waals surface area contributed by atoms with Crippen LogP contribution in [-0.2, 0) is 0 Å². The van der Waals surface area contributed by atoms with E-state index < -0.39 is 18.4 Å². The predicted octanol–water partition coefficient (Wildman–Crippen LogP) is 1.12. The van der Waals surface area contributed by atoms with Gasteiger partial charge in [-0.15, -0.1) is 5.10 Å². The van der Waals surface area contributed by atoms with Crippen molar-refractivity contribution in [3.05, 3.63) is 24.0 Å². The summed E-state index contributed by atoms with van der Waals surface area (Å²) in [6.07, 6.45) is -1.36. The van der Waals surface area contributed by atoms with Gasteiger partial charge in [-0.25, -0.2) is 18.3 Å². The van der Waals surface area contributed by atoms with E-state index in [1.54, 1.807) is 12.1 Å². The Morgan fingerprint density at radius 1 is 1.47 bits per heavy atom. The highest BCUT2D eigenvalue weighted by atomic mass is 19.3. The fourth-order valence-electron chi connectivity index (χ4n) is 1.46. The molecule has 1 N–H and O–H groups in total. The molecule has 8 heteroatoms. The highest BCUT2D eigenvalue weighted by molar-refractivity contribution is 5.93. The zero-order chi connectivity index (χ0) is 14.0. The Balaban J connectivity index is 2.31. The van der Waals surface area contributed by atoms with Crippen LogP contribution in [0.4, 0.5) is 8.78 Å². The standard InChI is InChI=1S/C11H12F2N4O2/c1-6(10(12)13)15-11(18)7-5-14-8-3-4-9(19-2)16-17(7)8/h3-6,10H,1-2H3,(H,15,18). The smallest absolute Gasteiger partial charge is 0.272 e. The van der Waals surface area contributed by atoms with E-state index in [4.69, 9.17) is 4.74 Å². The van der Waals surface area contributed by atoms with Crippen LogP contribution in [0.3, 0.4) is 0 Å². The lowest BCUT2D eigenvalue weighted by molar-refractivity contribution is 0.0774. The van der Waals surface area contributed by atoms with Gasteiger partial charge in [0.25, 0.3) is 12.3 Å². The molecule has 1 unspecified atom stereocenters. The molecule has 0 aliphatic carbocycles. The van der Waals surface area contributed by atoms with Gasteiger partial charge >= 0.3 is 0 Å². The van der Waals surface area contributed by atoms with Crippen molar-refractivity contribution in [3.8, 4) is 5.88 Å². The van der Waals surface area contributed by atoms with Crippen LogP contribution in [0.5, 0.6) is 5.88 Å². The van der Waals surface area contributed by atoms with Gasteiger partial charge in [0, 0.05) is 6.07 Å². The average molecular weight is 270 g/mol. The molecule has 6 nitrogen and oxygen atoms in total. The number of nitrogens with one attached hydrogen (secondary N) is 1. The number of carbonyl (C=O) groups is 1. The molecule has 0 saturated carbocycles. The van der Waals surface area contributed by atoms with Crippen molar-refractivity contribution in [2.75, 3.05) is 7.11 Å². The van der Waals surface area contributed by atoms with E-state index in [2.05, 4.69) is 15.4 Å². The molecule has 0 aromatic carbocycles. The second-order valence-corrected chi connectivity index (χ2v) is 3.89. The maximum absolute atomic E-state index is 12.4. The van der Waals surface area contributed by atoms with Crippen LogP contribution in [-0.4, -0.2) is 40.1 Å². The van der Waals surface area contributed by atoms with Gasteiger partial charge in [0.05, 0.1) is 19.3 Å². The van der Waals surface area contributed by atoms with Crippen LogP contribution in [0.15, 0.2) is 18.3 Å². The van der Waals surface area contributed by atoms with Gasteiger partial charge in [-0.2, -0.15) is 0 Å². The number of methoxy groups -OCH3 is 1. The molecule has 1 atom stereocenters. The molecule has 2 heterocycles. The number of nitrogens with zero attached hydrogens (tertiary/aromatic N) is 3. The quantitative estimate of drug-likeness (QED) is 0.904. The van der Waals surface area contributed by atoms with Gasteiger partial charge in [0.15, 0.2) is 11.3 Å². The molecule has 0 saturated heterocycles. The number of amides is 1. The van der Waals surface area contributed by atoms with Gasteiger partial charge in [-0.3, -0.25) is 4.79 Å². The summed E-state index contributed by atoms with van der Waals surface area (Å²) in [4.78, 5) is 15.8. The SMILES string of the molecule is COc1ccc2ncc(C(=O)NC(C)C(F)F)n2n1. The van der Waals surface area contributed by atoms with Crippen LogP contribution in [0, 0.1) is 0 Å². The van der Waals surface area contributed by atoms with E-state index >= 15 is 0 Å². The molecule has 102 valence electrons. The summed E-state index contributed by atoms with van der Waals surface area (Å²) in [6, 6.07) is 1.95. The van der Waals surface area contributed by atoms with Crippen molar-refractivity contribution >= 4 is 11.6 Å². The molecule has 0 bridgehead atoms. The van der Waals surface area contributed by atoms with E-state index in [1.165, 1.54) is 24.7 Å². The summed E-state index contributed by atoms with van der Waals surface area (Å²) in [5.74, 6) is -0.373. The summed E-state index contributed by atoms with van der Waals surface area (Å²) >= 11 is 0. The Morgan fingerprint density at radius 2 is 2.21 bits per heavy atom. The van der Waals surface area contributed by atoms with E-state index in [-0.39, 0.29) is 5.69 Å². The van der Waals surface area contributed by atoms with Crippen molar-refractivity contribution in [2.24, 2.45) is 0 Å². The van der Waals surface area contributed by atoms with Crippen molar-refractivity contribution in [1.82, 2.24) is 19.9 Å². The zero-order valence-electron chi connectivity index (χ0n) is 10.3. The number of alkyl halides is 2. The molecule has 1 amide bonds. The Morgan fingerprint density at radius 3 is 2.84 bits per heavy atom. The molecule has 19 heavy (non-hydrogen) atoms. The number of ether oxygens (including phenoxy) is 1. The third-order valence-electron chi connectivity index (χ3n) is 2.52. The van der Waals surface area contributed by atoms with Crippen molar-refractivity contribution in [1.29, 1.82) is 0 Å². The largest absolute Gasteiger partial charge is 0.480 e. The second-order valence-electron chi connectivity index (χ2n) is 3.89. The number of rotatable bonds is 4. The summed E-state index contributed by atoms with van der Waals surface area (Å²) in [5.41, 5.74) is 0.497. The van der Waals surface area contributed by atoms with E-state index in [0.717, 1.165) is 0 Å². The van der Waals surface area contributed by atoms with Crippen LogP contribution >= 0.6 is 0 Å². The van der Waals surface area contributed by atoms with Gasteiger partial charge in [0.2, 0.25) is 5.88 Å². The first-order valence-corrected chi connectivity index (χ1v) is 5.50. The summed E-state index contributed by atoms with van der Waals surface area (Å²) in [6.45, 7) is 1.22. The van der Waals surface area contributed by atoms with E-state index in [1.807, 2.05) is 0 Å². The first kappa shape index (κ1) is 13.2. The molecule has 0 aliphatic heterocycles. The summed E-state index contributed by atoms with van der Waals surface area (Å²) < 4.78 is 31.0. The number of carbonyl (C=O) groups excluding carboxylic acids is 1. The van der Waals surface area contributed by atoms with Crippen LogP contribution in [0.2, 0.25) is 0 Å². The van der Waals surface area contributed by atoms with E-state index in [0.29, 0.717) is 11.5 Å². The molecular formula is C11H12F2N4O2. The highest BCUT2D eigenvalue weighted by Gasteiger charge is 2.20. The van der Waals surface area contributed by atoms with E-state index in [9.17, 15) is 13.6 Å². The topological polar surface area (TPSA) is 68.5 Å². The zero-order valence-corrected chi connectivity index (χ0v) is 10.3. The first-order chi connectivity index (χ1) is 9.02. The number of imidazole rings is 1. The van der Waals surface area contributed by atoms with Crippen molar-refractivity contribution < 1.29 is 18.3 Å². The number of halogens is 2. The fourth-order valence-corrected chi connectivity index (χ4v) is 1.46. The third-order valence-corrected chi connectivity index (χ3v) is 2.52. The Hall–Kier alpha value is -2.25. The maximum Gasteiger partial charge on any atom is 0.272 e. The van der Waals surface area contributed by atoms with Gasteiger partial charge < -0.3 is 10.1 Å². The molecular weight excluding hydrogens is 258 g/mol. The number of aromatic nitrogens is 3. The molecule has 2 aromatic rings. The minimum Gasteiger partial charge on any atom is -0.480 e. The monoisotopic (exact) mass is 270 g/mol.